The van der Waals surface area contributed by atoms with Crippen molar-refractivity contribution in [2.24, 2.45) is 11.7 Å². The van der Waals surface area contributed by atoms with Gasteiger partial charge in [-0.15, -0.1) is 0 Å². The number of rotatable bonds is 2. The molecule has 1 atom stereocenters. The second-order valence-corrected chi connectivity index (χ2v) is 4.19. The molecule has 3 rings (SSSR count). The predicted octanol–water partition coefficient (Wildman–Crippen LogP) is -0.208. The Morgan fingerprint density at radius 2 is 2.08 bits per heavy atom. The number of hydrogen-bond acceptors (Lipinski definition) is 3. The van der Waals surface area contributed by atoms with Crippen molar-refractivity contribution in [1.82, 2.24) is 4.90 Å². The molecule has 0 aromatic heterocycles. The van der Waals surface area contributed by atoms with Gasteiger partial charge in [0.2, 0.25) is 0 Å². The lowest BCUT2D eigenvalue weighted by atomic mass is 9.74. The molecule has 0 aromatic carbocycles. The lowest BCUT2D eigenvalue weighted by Gasteiger charge is -2.50. The van der Waals surface area contributed by atoms with Crippen LogP contribution in [0.25, 0.3) is 0 Å². The largest absolute Gasteiger partial charge is 0.388 e. The highest BCUT2D eigenvalue weighted by molar-refractivity contribution is 4.98. The van der Waals surface area contributed by atoms with Crippen LogP contribution in [0, 0.1) is 5.92 Å². The first-order valence-electron chi connectivity index (χ1n) is 4.89. The van der Waals surface area contributed by atoms with Crippen molar-refractivity contribution < 1.29 is 5.11 Å². The lowest BCUT2D eigenvalue weighted by molar-refractivity contribution is -0.114. The smallest absolute Gasteiger partial charge is 0.0815 e. The molecule has 3 N–H and O–H groups in total. The lowest BCUT2D eigenvalue weighted by Crippen LogP contribution is -2.59. The van der Waals surface area contributed by atoms with Crippen LogP contribution in [0.4, 0.5) is 0 Å². The molecule has 0 aliphatic carbocycles. The summed E-state index contributed by atoms with van der Waals surface area (Å²) in [6.07, 6.45) is 3.10. The number of aliphatic hydroxyl groups is 1. The average molecular weight is 170 g/mol. The van der Waals surface area contributed by atoms with Gasteiger partial charge in [0.05, 0.1) is 5.60 Å². The van der Waals surface area contributed by atoms with E-state index in [0.29, 0.717) is 12.5 Å². The highest BCUT2D eigenvalue weighted by atomic mass is 16.3. The zero-order valence-electron chi connectivity index (χ0n) is 7.50. The van der Waals surface area contributed by atoms with E-state index in [2.05, 4.69) is 4.90 Å². The fraction of sp³-hybridized carbons (Fsp3) is 1.00. The number of hydrogen-bond donors (Lipinski definition) is 2. The van der Waals surface area contributed by atoms with Crippen LogP contribution in [0.3, 0.4) is 0 Å². The molecule has 3 fully saturated rings. The van der Waals surface area contributed by atoms with Crippen LogP contribution in [0.2, 0.25) is 0 Å². The van der Waals surface area contributed by atoms with E-state index in [1.165, 1.54) is 13.1 Å². The maximum atomic E-state index is 10.2. The van der Waals surface area contributed by atoms with Crippen LogP contribution in [0.5, 0.6) is 0 Å². The number of nitrogens with zero attached hydrogens (tertiary/aromatic N) is 1. The van der Waals surface area contributed by atoms with Crippen molar-refractivity contribution in [3.63, 3.8) is 0 Å². The van der Waals surface area contributed by atoms with Crippen molar-refractivity contribution in [2.45, 2.75) is 24.9 Å². The van der Waals surface area contributed by atoms with E-state index in [1.807, 2.05) is 0 Å². The molecule has 3 nitrogen and oxygen atoms in total. The van der Waals surface area contributed by atoms with Gasteiger partial charge in [0.25, 0.3) is 0 Å². The summed E-state index contributed by atoms with van der Waals surface area (Å²) in [6, 6.07) is 0. The van der Waals surface area contributed by atoms with E-state index >= 15 is 0 Å². The maximum absolute atomic E-state index is 10.2. The minimum Gasteiger partial charge on any atom is -0.388 e. The van der Waals surface area contributed by atoms with Gasteiger partial charge in [0, 0.05) is 6.54 Å². The van der Waals surface area contributed by atoms with Crippen molar-refractivity contribution >= 4 is 0 Å². The molecule has 1 unspecified atom stereocenters. The first kappa shape index (κ1) is 8.48. The minimum atomic E-state index is -0.453. The second-order valence-electron chi connectivity index (χ2n) is 4.19. The summed E-state index contributed by atoms with van der Waals surface area (Å²) < 4.78 is 0. The quantitative estimate of drug-likeness (QED) is 0.603. The Bertz CT molecular complexity index is 166. The van der Waals surface area contributed by atoms with E-state index in [0.717, 1.165) is 25.8 Å². The van der Waals surface area contributed by atoms with Crippen molar-refractivity contribution in [3.8, 4) is 0 Å². The highest BCUT2D eigenvalue weighted by Gasteiger charge is 2.44. The third-order valence-electron chi connectivity index (χ3n) is 3.42. The highest BCUT2D eigenvalue weighted by Crippen LogP contribution is 2.37. The molecule has 0 saturated carbocycles. The fourth-order valence-corrected chi connectivity index (χ4v) is 2.68. The number of fused-ring (bicyclic) bond motifs is 3. The van der Waals surface area contributed by atoms with E-state index < -0.39 is 5.60 Å². The standard InChI is InChI=1S/C9H18N2O/c10-4-3-9(12)7-11-5-1-8(9)2-6-11/h8,12H,1-7,10H2. The molecule has 0 spiro atoms. The van der Waals surface area contributed by atoms with Gasteiger partial charge in [-0.3, -0.25) is 0 Å². The molecule has 3 heteroatoms. The number of nitrogens with two attached hydrogens (primary N) is 1. The first-order valence-corrected chi connectivity index (χ1v) is 4.89. The molecule has 0 amide bonds. The molecule has 12 heavy (non-hydrogen) atoms. The van der Waals surface area contributed by atoms with E-state index in [9.17, 15) is 5.11 Å². The molecule has 3 saturated heterocycles. The van der Waals surface area contributed by atoms with Gasteiger partial charge in [-0.25, -0.2) is 0 Å². The van der Waals surface area contributed by atoms with Crippen LogP contribution in [-0.4, -0.2) is 41.8 Å². The molecule has 3 aliphatic rings. The van der Waals surface area contributed by atoms with Gasteiger partial charge >= 0.3 is 0 Å². The van der Waals surface area contributed by atoms with Gasteiger partial charge in [0.1, 0.15) is 0 Å². The Labute approximate surface area is 73.5 Å². The van der Waals surface area contributed by atoms with Crippen LogP contribution in [0.15, 0.2) is 0 Å². The molecular weight excluding hydrogens is 152 g/mol. The minimum absolute atomic E-state index is 0.453. The molecule has 70 valence electrons. The summed E-state index contributed by atoms with van der Waals surface area (Å²) in [4.78, 5) is 2.36. The van der Waals surface area contributed by atoms with Crippen LogP contribution < -0.4 is 5.73 Å². The topological polar surface area (TPSA) is 49.5 Å². The van der Waals surface area contributed by atoms with E-state index in [1.54, 1.807) is 0 Å². The Kier molecular flexibility index (Phi) is 2.10. The van der Waals surface area contributed by atoms with Crippen molar-refractivity contribution in [2.75, 3.05) is 26.2 Å². The normalized spacial score (nSPS) is 46.5. The molecule has 0 radical (unpaired) electrons. The molecular formula is C9H18N2O. The zero-order chi connectivity index (χ0) is 8.60. The third kappa shape index (κ3) is 1.26. The second kappa shape index (κ2) is 2.98. The molecule has 3 heterocycles. The van der Waals surface area contributed by atoms with Gasteiger partial charge < -0.3 is 15.7 Å². The number of piperidine rings is 3. The van der Waals surface area contributed by atoms with Crippen molar-refractivity contribution in [1.29, 1.82) is 0 Å². The third-order valence-corrected chi connectivity index (χ3v) is 3.42. The fourth-order valence-electron chi connectivity index (χ4n) is 2.68. The van der Waals surface area contributed by atoms with Gasteiger partial charge in [-0.05, 0) is 44.8 Å². The average Bonchev–Trinajstić information content (AvgIpc) is 2.05. The van der Waals surface area contributed by atoms with Gasteiger partial charge in [0.15, 0.2) is 0 Å². The zero-order valence-corrected chi connectivity index (χ0v) is 7.50. The van der Waals surface area contributed by atoms with Crippen LogP contribution in [0.1, 0.15) is 19.3 Å². The maximum Gasteiger partial charge on any atom is 0.0815 e. The summed E-state index contributed by atoms with van der Waals surface area (Å²) in [5.74, 6) is 0.519. The van der Waals surface area contributed by atoms with E-state index in [4.69, 9.17) is 5.73 Å². The summed E-state index contributed by atoms with van der Waals surface area (Å²) >= 11 is 0. The van der Waals surface area contributed by atoms with Crippen molar-refractivity contribution in [3.05, 3.63) is 0 Å². The summed E-state index contributed by atoms with van der Waals surface area (Å²) in [6.45, 7) is 3.82. The Morgan fingerprint density at radius 1 is 1.42 bits per heavy atom. The molecule has 3 aliphatic heterocycles. The summed E-state index contributed by atoms with van der Waals surface area (Å²) in [5.41, 5.74) is 5.04. The molecule has 0 aromatic rings. The first-order chi connectivity index (χ1) is 5.74. The predicted molar refractivity (Wildman–Crippen MR) is 47.8 cm³/mol. The van der Waals surface area contributed by atoms with E-state index in [-0.39, 0.29) is 0 Å². The Morgan fingerprint density at radius 3 is 2.50 bits per heavy atom. The summed E-state index contributed by atoms with van der Waals surface area (Å²) in [5, 5.41) is 10.2. The molecule has 2 bridgehead atoms. The van der Waals surface area contributed by atoms with Gasteiger partial charge in [-0.2, -0.15) is 0 Å². The monoisotopic (exact) mass is 170 g/mol. The SMILES string of the molecule is NCCC1(O)CN2CCC1CC2. The Balaban J connectivity index is 2.06. The summed E-state index contributed by atoms with van der Waals surface area (Å²) in [7, 11) is 0. The van der Waals surface area contributed by atoms with Crippen LogP contribution in [-0.2, 0) is 0 Å². The van der Waals surface area contributed by atoms with Gasteiger partial charge in [-0.1, -0.05) is 0 Å². The Hall–Kier alpha value is -0.120. The van der Waals surface area contributed by atoms with Crippen LogP contribution >= 0.6 is 0 Å².